The monoisotopic (exact) mass is 357 g/mol. The van der Waals surface area contributed by atoms with Crippen LogP contribution in [0.2, 0.25) is 0 Å². The van der Waals surface area contributed by atoms with Crippen molar-refractivity contribution >= 4 is 17.7 Å². The lowest BCUT2D eigenvalue weighted by Crippen LogP contribution is -2.39. The topological polar surface area (TPSA) is 72.7 Å². The number of carbonyl (C=O) groups excluding carboxylic acids is 1. The zero-order chi connectivity index (χ0) is 17.2. The third kappa shape index (κ3) is 3.42. The number of rotatable bonds is 6. The van der Waals surface area contributed by atoms with Gasteiger partial charge in [0.05, 0.1) is 5.75 Å². The van der Waals surface area contributed by atoms with Crippen LogP contribution in [-0.4, -0.2) is 37.5 Å². The van der Waals surface area contributed by atoms with Crippen LogP contribution in [0.5, 0.6) is 0 Å². The summed E-state index contributed by atoms with van der Waals surface area (Å²) < 4.78 is 2.05. The van der Waals surface area contributed by atoms with E-state index in [1.54, 1.807) is 12.4 Å². The average molecular weight is 357 g/mol. The normalized spacial score (nSPS) is 24.6. The van der Waals surface area contributed by atoms with Crippen LogP contribution in [0.4, 0.5) is 0 Å². The van der Waals surface area contributed by atoms with Crippen molar-refractivity contribution < 1.29 is 4.79 Å². The minimum atomic E-state index is 0.110. The number of carbonyl (C=O) groups is 1. The molecule has 2 aromatic heterocycles. The van der Waals surface area contributed by atoms with Gasteiger partial charge in [-0.05, 0) is 50.2 Å². The number of thioether (sulfide) groups is 1. The lowest BCUT2D eigenvalue weighted by molar-refractivity contribution is -0.119. The van der Waals surface area contributed by atoms with Crippen LogP contribution in [0, 0.1) is 11.8 Å². The smallest absolute Gasteiger partial charge is 0.230 e. The summed E-state index contributed by atoms with van der Waals surface area (Å²) in [5.41, 5.74) is 0.989. The molecule has 1 N–H and O–H groups in total. The fourth-order valence-corrected chi connectivity index (χ4v) is 5.01. The van der Waals surface area contributed by atoms with Gasteiger partial charge in [-0.1, -0.05) is 18.2 Å². The quantitative estimate of drug-likeness (QED) is 0.805. The van der Waals surface area contributed by atoms with Crippen LogP contribution in [-0.2, 0) is 11.3 Å². The molecule has 0 unspecified atom stereocenters. The zero-order valence-corrected chi connectivity index (χ0v) is 15.2. The van der Waals surface area contributed by atoms with E-state index in [0.29, 0.717) is 17.7 Å². The fourth-order valence-electron chi connectivity index (χ4n) is 4.20. The Bertz CT molecular complexity index is 747. The second-order valence-electron chi connectivity index (χ2n) is 6.92. The molecule has 2 heterocycles. The Morgan fingerprint density at radius 1 is 1.28 bits per heavy atom. The molecule has 2 aliphatic rings. The van der Waals surface area contributed by atoms with Gasteiger partial charge in [0.25, 0.3) is 0 Å². The van der Waals surface area contributed by atoms with Gasteiger partial charge < -0.3 is 9.88 Å². The summed E-state index contributed by atoms with van der Waals surface area (Å²) in [5.74, 6) is 2.87. The number of nitrogens with one attached hydrogen (secondary N) is 1. The van der Waals surface area contributed by atoms with Crippen LogP contribution >= 0.6 is 11.8 Å². The highest BCUT2D eigenvalue weighted by Crippen LogP contribution is 2.44. The molecule has 7 heteroatoms. The molecule has 132 valence electrons. The Morgan fingerprint density at radius 2 is 2.12 bits per heavy atom. The van der Waals surface area contributed by atoms with E-state index >= 15 is 0 Å². The number of amides is 1. The lowest BCUT2D eigenvalue weighted by Gasteiger charge is -2.22. The van der Waals surface area contributed by atoms with Gasteiger partial charge in [0.15, 0.2) is 11.0 Å². The molecule has 4 rings (SSSR count). The average Bonchev–Trinajstić information content (AvgIpc) is 3.35. The van der Waals surface area contributed by atoms with Crippen molar-refractivity contribution in [2.24, 2.45) is 11.8 Å². The molecule has 2 saturated carbocycles. The fraction of sp³-hybridized carbons (Fsp3) is 0.556. The van der Waals surface area contributed by atoms with E-state index in [9.17, 15) is 4.79 Å². The molecule has 2 fully saturated rings. The molecule has 0 aromatic carbocycles. The molecular weight excluding hydrogens is 334 g/mol. The van der Waals surface area contributed by atoms with E-state index in [1.807, 2.05) is 16.7 Å². The Labute approximate surface area is 151 Å². The van der Waals surface area contributed by atoms with Crippen molar-refractivity contribution in [2.45, 2.75) is 50.4 Å². The predicted octanol–water partition coefficient (Wildman–Crippen LogP) is 2.76. The molecule has 6 nitrogen and oxygen atoms in total. The number of nitrogens with zero attached hydrogens (tertiary/aromatic N) is 4. The molecule has 0 radical (unpaired) electrons. The second-order valence-corrected chi connectivity index (χ2v) is 7.87. The highest BCUT2D eigenvalue weighted by atomic mass is 32.2. The summed E-state index contributed by atoms with van der Waals surface area (Å²) in [6, 6.07) is 4.24. The van der Waals surface area contributed by atoms with Crippen molar-refractivity contribution in [3.63, 3.8) is 0 Å². The molecule has 2 aromatic rings. The minimum absolute atomic E-state index is 0.110. The SMILES string of the molecule is CCn1c(SCC(=O)N[C@H]2C[C@H]3CC[C@H]2C3)nnc1-c1ccncc1. The van der Waals surface area contributed by atoms with Crippen molar-refractivity contribution in [3.05, 3.63) is 24.5 Å². The van der Waals surface area contributed by atoms with E-state index in [0.717, 1.165) is 29.0 Å². The molecule has 0 spiro atoms. The van der Waals surface area contributed by atoms with Crippen molar-refractivity contribution in [2.75, 3.05) is 5.75 Å². The van der Waals surface area contributed by atoms with Crippen molar-refractivity contribution in [1.82, 2.24) is 25.1 Å². The molecule has 25 heavy (non-hydrogen) atoms. The van der Waals surface area contributed by atoms with Crippen LogP contribution in [0.1, 0.15) is 32.6 Å². The number of pyridine rings is 1. The highest BCUT2D eigenvalue weighted by molar-refractivity contribution is 7.99. The van der Waals surface area contributed by atoms with Crippen LogP contribution < -0.4 is 5.32 Å². The van der Waals surface area contributed by atoms with E-state index in [4.69, 9.17) is 0 Å². The van der Waals surface area contributed by atoms with Gasteiger partial charge in [0, 0.05) is 30.5 Å². The van der Waals surface area contributed by atoms with Crippen LogP contribution in [0.25, 0.3) is 11.4 Å². The Hall–Kier alpha value is -1.89. The maximum Gasteiger partial charge on any atom is 0.230 e. The summed E-state index contributed by atoms with van der Waals surface area (Å²) in [5, 5.41) is 12.6. The first-order chi connectivity index (χ1) is 12.2. The molecule has 0 aliphatic heterocycles. The van der Waals surface area contributed by atoms with E-state index < -0.39 is 0 Å². The van der Waals surface area contributed by atoms with Gasteiger partial charge >= 0.3 is 0 Å². The molecule has 0 saturated heterocycles. The maximum atomic E-state index is 12.3. The van der Waals surface area contributed by atoms with Gasteiger partial charge in [-0.15, -0.1) is 10.2 Å². The standard InChI is InChI=1S/C18H23N5OS/c1-2-23-17(13-5-7-19-8-6-13)21-22-18(23)25-11-16(24)20-15-10-12-3-4-14(15)9-12/h5-8,12,14-15H,2-4,9-11H2,1H3,(H,20,24)/t12-,14-,15-/m0/s1. The molecule has 2 aliphatic carbocycles. The summed E-state index contributed by atoms with van der Waals surface area (Å²) in [4.78, 5) is 16.4. The largest absolute Gasteiger partial charge is 0.352 e. The first kappa shape index (κ1) is 16.6. The van der Waals surface area contributed by atoms with Crippen molar-refractivity contribution in [1.29, 1.82) is 0 Å². The molecular formula is C18H23N5OS. The van der Waals surface area contributed by atoms with Gasteiger partial charge in [-0.2, -0.15) is 0 Å². The summed E-state index contributed by atoms with van der Waals surface area (Å²) >= 11 is 1.46. The van der Waals surface area contributed by atoms with Gasteiger partial charge in [-0.3, -0.25) is 9.78 Å². The predicted molar refractivity (Wildman–Crippen MR) is 97.0 cm³/mol. The van der Waals surface area contributed by atoms with E-state index in [1.165, 1.54) is 37.4 Å². The molecule has 3 atom stereocenters. The minimum Gasteiger partial charge on any atom is -0.352 e. The van der Waals surface area contributed by atoms with Gasteiger partial charge in [0.2, 0.25) is 5.91 Å². The maximum absolute atomic E-state index is 12.3. The molecule has 2 bridgehead atoms. The lowest BCUT2D eigenvalue weighted by atomic mass is 9.95. The van der Waals surface area contributed by atoms with Gasteiger partial charge in [-0.25, -0.2) is 0 Å². The first-order valence-corrected chi connectivity index (χ1v) is 9.99. The van der Waals surface area contributed by atoms with Crippen LogP contribution in [0.3, 0.4) is 0 Å². The molecule has 1 amide bonds. The van der Waals surface area contributed by atoms with Gasteiger partial charge in [0.1, 0.15) is 0 Å². The number of aromatic nitrogens is 4. The third-order valence-electron chi connectivity index (χ3n) is 5.39. The summed E-state index contributed by atoms with van der Waals surface area (Å²) in [6.07, 6.45) is 8.60. The Balaban J connectivity index is 1.38. The first-order valence-electron chi connectivity index (χ1n) is 9.00. The number of hydrogen-bond acceptors (Lipinski definition) is 5. The highest BCUT2D eigenvalue weighted by Gasteiger charge is 2.40. The summed E-state index contributed by atoms with van der Waals surface area (Å²) in [7, 11) is 0. The second kappa shape index (κ2) is 7.15. The number of fused-ring (bicyclic) bond motifs is 2. The Morgan fingerprint density at radius 3 is 2.80 bits per heavy atom. The third-order valence-corrected chi connectivity index (χ3v) is 6.36. The zero-order valence-electron chi connectivity index (χ0n) is 14.4. The van der Waals surface area contributed by atoms with E-state index in [2.05, 4.69) is 27.4 Å². The number of hydrogen-bond donors (Lipinski definition) is 1. The van der Waals surface area contributed by atoms with E-state index in [-0.39, 0.29) is 5.91 Å². The van der Waals surface area contributed by atoms with Crippen LogP contribution in [0.15, 0.2) is 29.7 Å². The Kier molecular flexibility index (Phi) is 4.74. The summed E-state index contributed by atoms with van der Waals surface area (Å²) in [6.45, 7) is 2.83. The van der Waals surface area contributed by atoms with Crippen molar-refractivity contribution in [3.8, 4) is 11.4 Å².